The van der Waals surface area contributed by atoms with E-state index in [0.29, 0.717) is 69.5 Å². The number of carbonyl (C=O) groups is 1. The van der Waals surface area contributed by atoms with E-state index >= 15 is 0 Å². The minimum atomic E-state index is -1.44. The van der Waals surface area contributed by atoms with Crippen LogP contribution >= 0.6 is 11.6 Å². The van der Waals surface area contributed by atoms with Crippen LogP contribution in [0.15, 0.2) is 70.4 Å². The molecular formula is C29H26ClFN8O3. The number of fused-ring (bicyclic) bond motifs is 4. The molecule has 1 aliphatic heterocycles. The maximum absolute atomic E-state index is 14.6. The highest BCUT2D eigenvalue weighted by Crippen LogP contribution is 2.36. The van der Waals surface area contributed by atoms with Gasteiger partial charge in [0.2, 0.25) is 5.91 Å². The average molecular weight is 589 g/mol. The zero-order chi connectivity index (χ0) is 29.4. The van der Waals surface area contributed by atoms with Crippen molar-refractivity contribution in [3.8, 4) is 28.3 Å². The number of benzene rings is 1. The van der Waals surface area contributed by atoms with Crippen molar-refractivity contribution in [2.24, 2.45) is 5.92 Å². The van der Waals surface area contributed by atoms with Gasteiger partial charge < -0.3 is 9.73 Å². The molecule has 0 spiro atoms. The largest absolute Gasteiger partial charge is 0.422 e. The lowest BCUT2D eigenvalue weighted by Crippen LogP contribution is -2.22. The molecular weight excluding hydrogens is 563 g/mol. The summed E-state index contributed by atoms with van der Waals surface area (Å²) in [6.07, 6.45) is 4.82. The van der Waals surface area contributed by atoms with Gasteiger partial charge in [-0.2, -0.15) is 9.78 Å². The number of rotatable bonds is 4. The number of aromatic nitrogens is 7. The summed E-state index contributed by atoms with van der Waals surface area (Å²) in [4.78, 5) is 31.2. The Morgan fingerprint density at radius 1 is 1.14 bits per heavy atom. The average Bonchev–Trinajstić information content (AvgIpc) is 3.66. The Labute approximate surface area is 244 Å². The van der Waals surface area contributed by atoms with Crippen molar-refractivity contribution >= 4 is 23.2 Å². The topological polar surface area (TPSA) is 134 Å². The Hall–Kier alpha value is -4.71. The number of tetrazole rings is 1. The summed E-state index contributed by atoms with van der Waals surface area (Å²) in [6, 6.07) is 12.1. The molecule has 1 unspecified atom stereocenters. The molecule has 42 heavy (non-hydrogen) atoms. The zero-order valence-corrected chi connectivity index (χ0v) is 23.5. The summed E-state index contributed by atoms with van der Waals surface area (Å²) < 4.78 is 23.1. The molecule has 13 heteroatoms. The second-order valence-electron chi connectivity index (χ2n) is 10.2. The lowest BCUT2D eigenvalue weighted by molar-refractivity contribution is -0.119. The molecule has 0 aliphatic carbocycles. The number of nitrogens with zero attached hydrogens (tertiary/aromatic N) is 7. The van der Waals surface area contributed by atoms with Crippen molar-refractivity contribution in [1.29, 1.82) is 0 Å². The molecule has 2 bridgehead atoms. The van der Waals surface area contributed by atoms with Crippen LogP contribution < -0.4 is 10.9 Å². The quantitative estimate of drug-likeness (QED) is 0.288. The van der Waals surface area contributed by atoms with Gasteiger partial charge in [-0.3, -0.25) is 9.78 Å². The van der Waals surface area contributed by atoms with Gasteiger partial charge in [0.05, 0.1) is 23.3 Å². The van der Waals surface area contributed by atoms with Crippen molar-refractivity contribution in [2.75, 3.05) is 5.32 Å². The second kappa shape index (κ2) is 11.3. The Morgan fingerprint density at radius 3 is 2.76 bits per heavy atom. The number of pyridine rings is 1. The van der Waals surface area contributed by atoms with E-state index in [1.54, 1.807) is 48.7 Å². The molecule has 1 aromatic carbocycles. The van der Waals surface area contributed by atoms with Gasteiger partial charge in [-0.25, -0.2) is 13.9 Å². The highest BCUT2D eigenvalue weighted by atomic mass is 35.5. The van der Waals surface area contributed by atoms with Gasteiger partial charge in [-0.1, -0.05) is 24.9 Å². The van der Waals surface area contributed by atoms with Gasteiger partial charge in [0.15, 0.2) is 6.30 Å². The third-order valence-electron chi connectivity index (χ3n) is 7.43. The van der Waals surface area contributed by atoms with Crippen molar-refractivity contribution in [3.05, 3.63) is 87.9 Å². The standard InChI is InChI=1S/C29H26ClFN8O3/c1-16-4-3-5-20(23-12-18(10-11-32-23)27-24(35-28(16)40)14-34-39(27)17(2)31)21-7-9-26(42-29(21)41)22-13-19(30)6-8-25(22)38-15-33-36-37-38/h6-17,20H,3-5H2,1-2H3,(H,35,40)/t16-,17?,20-/m0/s1. The number of amides is 1. The molecule has 5 heterocycles. The molecule has 214 valence electrons. The van der Waals surface area contributed by atoms with Crippen LogP contribution in [0, 0.1) is 5.92 Å². The zero-order valence-electron chi connectivity index (χ0n) is 22.7. The maximum Gasteiger partial charge on any atom is 0.340 e. The van der Waals surface area contributed by atoms with Gasteiger partial charge in [-0.05, 0) is 72.7 Å². The first-order valence-electron chi connectivity index (χ1n) is 13.5. The first kappa shape index (κ1) is 27.5. The molecule has 0 radical (unpaired) electrons. The van der Waals surface area contributed by atoms with E-state index in [0.717, 1.165) is 0 Å². The summed E-state index contributed by atoms with van der Waals surface area (Å²) in [5, 5.41) is 18.9. The monoisotopic (exact) mass is 588 g/mol. The van der Waals surface area contributed by atoms with Gasteiger partial charge in [0.25, 0.3) is 0 Å². The molecule has 0 saturated heterocycles. The lowest BCUT2D eigenvalue weighted by atomic mass is 9.88. The Morgan fingerprint density at radius 2 is 2.00 bits per heavy atom. The van der Waals surface area contributed by atoms with Crippen LogP contribution in [0.2, 0.25) is 5.02 Å². The molecule has 3 atom stereocenters. The molecule has 0 saturated carbocycles. The van der Waals surface area contributed by atoms with Gasteiger partial charge in [0.1, 0.15) is 12.1 Å². The third-order valence-corrected chi connectivity index (χ3v) is 7.66. The van der Waals surface area contributed by atoms with Crippen molar-refractivity contribution in [1.82, 2.24) is 35.0 Å². The van der Waals surface area contributed by atoms with Gasteiger partial charge >= 0.3 is 5.63 Å². The van der Waals surface area contributed by atoms with Crippen LogP contribution in [-0.2, 0) is 4.79 Å². The summed E-state index contributed by atoms with van der Waals surface area (Å²) >= 11 is 6.28. The van der Waals surface area contributed by atoms with Gasteiger partial charge in [0, 0.05) is 45.4 Å². The Kier molecular flexibility index (Phi) is 7.38. The van der Waals surface area contributed by atoms with Crippen LogP contribution in [0.4, 0.5) is 10.1 Å². The number of halogens is 2. The van der Waals surface area contributed by atoms with Crippen LogP contribution in [0.5, 0.6) is 0 Å². The highest BCUT2D eigenvalue weighted by molar-refractivity contribution is 6.31. The predicted molar refractivity (Wildman–Crippen MR) is 153 cm³/mol. The van der Waals surface area contributed by atoms with Gasteiger partial charge in [-0.15, -0.1) is 5.10 Å². The highest BCUT2D eigenvalue weighted by Gasteiger charge is 2.26. The van der Waals surface area contributed by atoms with E-state index < -0.39 is 17.8 Å². The van der Waals surface area contributed by atoms with Crippen molar-refractivity contribution in [2.45, 2.75) is 45.3 Å². The lowest BCUT2D eigenvalue weighted by Gasteiger charge is -2.20. The fraction of sp³-hybridized carbons (Fsp3) is 0.276. The Balaban J connectivity index is 1.45. The summed E-state index contributed by atoms with van der Waals surface area (Å²) in [5.41, 5.74) is 3.07. The van der Waals surface area contributed by atoms with Crippen LogP contribution in [0.25, 0.3) is 28.3 Å². The summed E-state index contributed by atoms with van der Waals surface area (Å²) in [6.45, 7) is 3.21. The number of nitrogens with one attached hydrogen (secondary N) is 1. The molecule has 1 aliphatic rings. The van der Waals surface area contributed by atoms with Crippen LogP contribution in [-0.4, -0.2) is 40.9 Å². The number of hydrogen-bond acceptors (Lipinski definition) is 8. The van der Waals surface area contributed by atoms with Crippen molar-refractivity contribution in [3.63, 3.8) is 0 Å². The maximum atomic E-state index is 14.6. The molecule has 11 nitrogen and oxygen atoms in total. The first-order chi connectivity index (χ1) is 20.3. The predicted octanol–water partition coefficient (Wildman–Crippen LogP) is 5.57. The van der Waals surface area contributed by atoms with E-state index in [9.17, 15) is 14.0 Å². The first-order valence-corrected chi connectivity index (χ1v) is 13.8. The van der Waals surface area contributed by atoms with E-state index in [1.807, 2.05) is 6.92 Å². The van der Waals surface area contributed by atoms with Crippen molar-refractivity contribution < 1.29 is 13.6 Å². The normalized spacial score (nSPS) is 18.0. The van der Waals surface area contributed by atoms with E-state index in [4.69, 9.17) is 16.0 Å². The number of alkyl halides is 1. The minimum absolute atomic E-state index is 0.183. The molecule has 0 fully saturated rings. The molecule has 5 aromatic rings. The van der Waals surface area contributed by atoms with E-state index in [-0.39, 0.29) is 11.8 Å². The third kappa shape index (κ3) is 5.20. The fourth-order valence-electron chi connectivity index (χ4n) is 5.28. The molecule has 1 amide bonds. The molecule has 1 N–H and O–H groups in total. The number of hydrogen-bond donors (Lipinski definition) is 1. The Bertz CT molecular complexity index is 1820. The number of carbonyl (C=O) groups excluding carboxylic acids is 1. The fourth-order valence-corrected chi connectivity index (χ4v) is 5.45. The number of anilines is 1. The van der Waals surface area contributed by atoms with E-state index in [2.05, 4.69) is 30.9 Å². The summed E-state index contributed by atoms with van der Waals surface area (Å²) in [5.74, 6) is -0.646. The second-order valence-corrected chi connectivity index (χ2v) is 10.7. The molecule has 4 aromatic heterocycles. The smallest absolute Gasteiger partial charge is 0.340 e. The SMILES string of the molecule is CC(F)n1ncc2c1-c1ccnc(c1)[C@H](c1ccc(-c3cc(Cl)ccc3-n3cnnn3)oc1=O)CCC[C@H](C)C(=O)N2. The van der Waals surface area contributed by atoms with Crippen LogP contribution in [0.3, 0.4) is 0 Å². The molecule has 6 rings (SSSR count). The van der Waals surface area contributed by atoms with E-state index in [1.165, 1.54) is 28.8 Å². The minimum Gasteiger partial charge on any atom is -0.422 e. The van der Waals surface area contributed by atoms with Crippen LogP contribution in [0.1, 0.15) is 56.6 Å². The summed E-state index contributed by atoms with van der Waals surface area (Å²) in [7, 11) is 0.